The number of carbonyl (C=O) groups is 1. The third-order valence-electron chi connectivity index (χ3n) is 1.65. The quantitative estimate of drug-likeness (QED) is 0.713. The fourth-order valence-corrected chi connectivity index (χ4v) is 2.36. The molecule has 0 bridgehead atoms. The molecule has 0 aromatic heterocycles. The van der Waals surface area contributed by atoms with E-state index in [4.69, 9.17) is 32.9 Å². The van der Waals surface area contributed by atoms with Crippen molar-refractivity contribution in [3.05, 3.63) is 21.7 Å². The highest BCUT2D eigenvalue weighted by Gasteiger charge is 2.26. The van der Waals surface area contributed by atoms with Crippen LogP contribution in [-0.4, -0.2) is 29.2 Å². The van der Waals surface area contributed by atoms with Gasteiger partial charge < -0.3 is 10.2 Å². The van der Waals surface area contributed by atoms with Crippen molar-refractivity contribution in [1.29, 1.82) is 0 Å². The third kappa shape index (κ3) is 2.22. The van der Waals surface area contributed by atoms with Gasteiger partial charge in [-0.1, -0.05) is 23.2 Å². The van der Waals surface area contributed by atoms with Gasteiger partial charge in [0.2, 0.25) is 0 Å². The van der Waals surface area contributed by atoms with Gasteiger partial charge >= 0.3 is 5.97 Å². The van der Waals surface area contributed by atoms with Gasteiger partial charge in [-0.2, -0.15) is 8.42 Å². The van der Waals surface area contributed by atoms with E-state index in [0.29, 0.717) is 6.07 Å². The van der Waals surface area contributed by atoms with E-state index in [2.05, 4.69) is 0 Å². The van der Waals surface area contributed by atoms with Gasteiger partial charge in [-0.25, -0.2) is 4.79 Å². The number of carboxylic acid groups (broad SMARTS) is 1. The minimum atomic E-state index is -4.72. The highest BCUT2D eigenvalue weighted by Crippen LogP contribution is 2.37. The fourth-order valence-electron chi connectivity index (χ4n) is 0.976. The number of benzene rings is 1. The molecule has 0 aliphatic heterocycles. The Balaban J connectivity index is 3.78. The maximum Gasteiger partial charge on any atom is 0.341 e. The Kier molecular flexibility index (Phi) is 3.34. The lowest BCUT2D eigenvalue weighted by atomic mass is 10.2. The second kappa shape index (κ2) is 4.10. The summed E-state index contributed by atoms with van der Waals surface area (Å²) >= 11 is 10.8. The summed E-state index contributed by atoms with van der Waals surface area (Å²) in [5.74, 6) is -2.54. The average molecular weight is 287 g/mol. The van der Waals surface area contributed by atoms with Crippen molar-refractivity contribution in [3.8, 4) is 5.75 Å². The van der Waals surface area contributed by atoms with Crippen molar-refractivity contribution in [2.75, 3.05) is 0 Å². The van der Waals surface area contributed by atoms with E-state index in [1.807, 2.05) is 0 Å². The third-order valence-corrected chi connectivity index (χ3v) is 3.32. The van der Waals surface area contributed by atoms with E-state index >= 15 is 0 Å². The number of halogens is 2. The molecule has 88 valence electrons. The lowest BCUT2D eigenvalue weighted by Gasteiger charge is -2.08. The minimum Gasteiger partial charge on any atom is -0.505 e. The van der Waals surface area contributed by atoms with E-state index in [1.54, 1.807) is 0 Å². The summed E-state index contributed by atoms with van der Waals surface area (Å²) in [5.41, 5.74) is -0.887. The number of hydrogen-bond acceptors (Lipinski definition) is 4. The van der Waals surface area contributed by atoms with Gasteiger partial charge in [0.15, 0.2) is 0 Å². The van der Waals surface area contributed by atoms with Crippen LogP contribution in [0.15, 0.2) is 11.0 Å². The SMILES string of the molecule is O=C(O)c1c(O)c(Cl)cc(S(=O)(=O)O)c1Cl. The second-order valence-electron chi connectivity index (χ2n) is 2.67. The first-order chi connectivity index (χ1) is 7.16. The van der Waals surface area contributed by atoms with Crippen molar-refractivity contribution in [1.82, 2.24) is 0 Å². The van der Waals surface area contributed by atoms with Crippen LogP contribution in [0, 0.1) is 0 Å². The fraction of sp³-hybridized carbons (Fsp3) is 0. The van der Waals surface area contributed by atoms with Crippen LogP contribution in [0.5, 0.6) is 5.75 Å². The average Bonchev–Trinajstić information content (AvgIpc) is 2.09. The molecule has 0 amide bonds. The predicted octanol–water partition coefficient (Wildman–Crippen LogP) is 1.64. The summed E-state index contributed by atoms with van der Waals surface area (Å²) in [4.78, 5) is 9.81. The molecule has 6 nitrogen and oxygen atoms in total. The molecule has 0 aliphatic carbocycles. The Hall–Kier alpha value is -1.02. The predicted molar refractivity (Wildman–Crippen MR) is 54.9 cm³/mol. The zero-order chi connectivity index (χ0) is 12.7. The summed E-state index contributed by atoms with van der Waals surface area (Å²) < 4.78 is 30.4. The van der Waals surface area contributed by atoms with Gasteiger partial charge in [-0.15, -0.1) is 0 Å². The van der Waals surface area contributed by atoms with Gasteiger partial charge in [0.05, 0.1) is 10.0 Å². The molecule has 0 saturated heterocycles. The maximum atomic E-state index is 10.8. The normalized spacial score (nSPS) is 11.4. The van der Waals surface area contributed by atoms with Crippen molar-refractivity contribution in [3.63, 3.8) is 0 Å². The molecule has 0 saturated carbocycles. The molecular weight excluding hydrogens is 283 g/mol. The van der Waals surface area contributed by atoms with Gasteiger partial charge in [-0.05, 0) is 6.07 Å². The van der Waals surface area contributed by atoms with Crippen LogP contribution >= 0.6 is 23.2 Å². The lowest BCUT2D eigenvalue weighted by molar-refractivity contribution is 0.0693. The molecule has 1 aromatic carbocycles. The van der Waals surface area contributed by atoms with Crippen LogP contribution < -0.4 is 0 Å². The topological polar surface area (TPSA) is 112 Å². The van der Waals surface area contributed by atoms with Crippen LogP contribution in [0.2, 0.25) is 10.0 Å². The van der Waals surface area contributed by atoms with Crippen molar-refractivity contribution in [2.24, 2.45) is 0 Å². The van der Waals surface area contributed by atoms with Crippen molar-refractivity contribution >= 4 is 39.3 Å². The first-order valence-corrected chi connectivity index (χ1v) is 5.77. The van der Waals surface area contributed by atoms with E-state index < -0.39 is 42.3 Å². The highest BCUT2D eigenvalue weighted by atomic mass is 35.5. The Morgan fingerprint density at radius 1 is 1.31 bits per heavy atom. The Labute approximate surface area is 99.8 Å². The largest absolute Gasteiger partial charge is 0.505 e. The van der Waals surface area contributed by atoms with Crippen LogP contribution in [0.3, 0.4) is 0 Å². The van der Waals surface area contributed by atoms with Gasteiger partial charge in [0.1, 0.15) is 16.2 Å². The van der Waals surface area contributed by atoms with Crippen LogP contribution in [0.1, 0.15) is 10.4 Å². The number of carboxylic acids is 1. The zero-order valence-corrected chi connectivity index (χ0v) is 9.64. The summed E-state index contributed by atoms with van der Waals surface area (Å²) in [6.07, 6.45) is 0. The Morgan fingerprint density at radius 2 is 1.81 bits per heavy atom. The lowest BCUT2D eigenvalue weighted by Crippen LogP contribution is -2.05. The standard InChI is InChI=1S/C7H4Cl2O6S/c8-2-1-3(16(13,14)15)5(9)4(6(2)10)7(11)12/h1,10H,(H,11,12)(H,13,14,15). The second-order valence-corrected chi connectivity index (χ2v) is 4.85. The Morgan fingerprint density at radius 3 is 2.19 bits per heavy atom. The summed E-state index contributed by atoms with van der Waals surface area (Å²) in [6.45, 7) is 0. The van der Waals surface area contributed by atoms with Crippen LogP contribution in [0.4, 0.5) is 0 Å². The van der Waals surface area contributed by atoms with Crippen LogP contribution in [-0.2, 0) is 10.1 Å². The van der Waals surface area contributed by atoms with Gasteiger partial charge in [-0.3, -0.25) is 4.55 Å². The maximum absolute atomic E-state index is 10.8. The number of phenols is 1. The highest BCUT2D eigenvalue weighted by molar-refractivity contribution is 7.86. The first kappa shape index (κ1) is 13.0. The molecule has 0 radical (unpaired) electrons. The molecule has 0 spiro atoms. The number of rotatable bonds is 2. The smallest absolute Gasteiger partial charge is 0.341 e. The van der Waals surface area contributed by atoms with Crippen LogP contribution in [0.25, 0.3) is 0 Å². The summed E-state index contributed by atoms with van der Waals surface area (Å²) in [7, 11) is -4.72. The summed E-state index contributed by atoms with van der Waals surface area (Å²) in [6, 6.07) is 0.654. The van der Waals surface area contributed by atoms with E-state index in [1.165, 1.54) is 0 Å². The van der Waals surface area contributed by atoms with Crippen molar-refractivity contribution < 1.29 is 28.0 Å². The molecule has 1 rings (SSSR count). The Bertz CT molecular complexity index is 565. The molecule has 0 fully saturated rings. The molecule has 3 N–H and O–H groups in total. The van der Waals surface area contributed by atoms with E-state index in [-0.39, 0.29) is 0 Å². The number of hydrogen-bond donors (Lipinski definition) is 3. The first-order valence-electron chi connectivity index (χ1n) is 3.58. The van der Waals surface area contributed by atoms with E-state index in [0.717, 1.165) is 0 Å². The number of aromatic carboxylic acids is 1. The minimum absolute atomic E-state index is 0.547. The zero-order valence-electron chi connectivity index (χ0n) is 7.31. The molecule has 16 heavy (non-hydrogen) atoms. The van der Waals surface area contributed by atoms with E-state index in [9.17, 15) is 18.3 Å². The van der Waals surface area contributed by atoms with Gasteiger partial charge in [0.25, 0.3) is 10.1 Å². The molecule has 1 aromatic rings. The molecule has 0 aliphatic rings. The molecule has 9 heteroatoms. The van der Waals surface area contributed by atoms with Crippen molar-refractivity contribution in [2.45, 2.75) is 4.90 Å². The molecular formula is C7H4Cl2O6S. The summed E-state index contributed by atoms with van der Waals surface area (Å²) in [5, 5.41) is 16.6. The van der Waals surface area contributed by atoms with Gasteiger partial charge in [0, 0.05) is 0 Å². The number of aromatic hydroxyl groups is 1. The monoisotopic (exact) mass is 286 g/mol. The molecule has 0 atom stereocenters. The molecule has 0 unspecified atom stereocenters. The molecule has 0 heterocycles.